The zero-order valence-corrected chi connectivity index (χ0v) is 17.3. The number of H-pyrrole nitrogens is 1. The van der Waals surface area contributed by atoms with Gasteiger partial charge < -0.3 is 5.32 Å². The summed E-state index contributed by atoms with van der Waals surface area (Å²) < 4.78 is 0. The smallest absolute Gasteiger partial charge is 0.235 e. The summed E-state index contributed by atoms with van der Waals surface area (Å²) in [6.45, 7) is 3.13. The van der Waals surface area contributed by atoms with Crippen LogP contribution in [-0.4, -0.2) is 32.6 Å². The van der Waals surface area contributed by atoms with E-state index in [4.69, 9.17) is 11.6 Å². The van der Waals surface area contributed by atoms with Gasteiger partial charge in [-0.1, -0.05) is 23.4 Å². The van der Waals surface area contributed by atoms with Crippen molar-refractivity contribution in [1.29, 1.82) is 5.26 Å². The lowest BCUT2D eigenvalue weighted by Crippen LogP contribution is -2.14. The monoisotopic (exact) mass is 431 g/mol. The Kier molecular flexibility index (Phi) is 6.14. The zero-order valence-electron chi connectivity index (χ0n) is 14.9. The number of carbonyl (C=O) groups is 2. The second-order valence-electron chi connectivity index (χ2n) is 5.74. The highest BCUT2D eigenvalue weighted by atomic mass is 35.5. The minimum absolute atomic E-state index is 0.0646. The summed E-state index contributed by atoms with van der Waals surface area (Å²) in [5, 5.41) is 20.3. The quantitative estimate of drug-likeness (QED) is 0.444. The van der Waals surface area contributed by atoms with Crippen molar-refractivity contribution in [1.82, 2.24) is 15.2 Å². The lowest BCUT2D eigenvalue weighted by Gasteiger charge is -2.01. The topological polar surface area (TPSA) is 112 Å². The Morgan fingerprint density at radius 3 is 2.71 bits per heavy atom. The molecule has 0 spiro atoms. The summed E-state index contributed by atoms with van der Waals surface area (Å²) >= 11 is 8.14. The van der Waals surface area contributed by atoms with Crippen LogP contribution in [0.1, 0.15) is 27.7 Å². The number of aromatic nitrogens is 3. The van der Waals surface area contributed by atoms with Crippen molar-refractivity contribution in [3.05, 3.63) is 45.3 Å². The first-order chi connectivity index (χ1) is 13.4. The number of rotatable bonds is 6. The number of Topliss-reactive ketones (excluding diaryl/α,β-unsaturated/α-hetero) is 1. The van der Waals surface area contributed by atoms with Crippen LogP contribution in [0.3, 0.4) is 0 Å². The van der Waals surface area contributed by atoms with Gasteiger partial charge in [0.1, 0.15) is 11.1 Å². The number of ketones is 1. The largest absolute Gasteiger partial charge is 0.316 e. The number of hydrogen-bond acceptors (Lipinski definition) is 7. The third-order valence-corrected chi connectivity index (χ3v) is 6.15. The number of nitrogens with one attached hydrogen (secondary N) is 2. The number of anilines is 1. The molecule has 2 N–H and O–H groups in total. The summed E-state index contributed by atoms with van der Waals surface area (Å²) in [6, 6.07) is 9.19. The van der Waals surface area contributed by atoms with E-state index in [9.17, 15) is 14.9 Å². The van der Waals surface area contributed by atoms with Gasteiger partial charge in [-0.25, -0.2) is 4.98 Å². The molecule has 0 saturated heterocycles. The molecule has 0 saturated carbocycles. The molecule has 1 aromatic carbocycles. The summed E-state index contributed by atoms with van der Waals surface area (Å²) in [4.78, 5) is 28.7. The molecule has 0 unspecified atom stereocenters. The van der Waals surface area contributed by atoms with Crippen molar-refractivity contribution in [3.8, 4) is 17.5 Å². The minimum Gasteiger partial charge on any atom is -0.316 e. The molecule has 0 aliphatic rings. The molecule has 7 nitrogen and oxygen atoms in total. The van der Waals surface area contributed by atoms with E-state index in [2.05, 4.69) is 20.5 Å². The van der Waals surface area contributed by atoms with Crippen LogP contribution in [0.25, 0.3) is 11.4 Å². The van der Waals surface area contributed by atoms with Gasteiger partial charge in [0.25, 0.3) is 0 Å². The Morgan fingerprint density at radius 2 is 2.07 bits per heavy atom. The highest BCUT2D eigenvalue weighted by Crippen LogP contribution is 2.33. The lowest BCUT2D eigenvalue weighted by molar-refractivity contribution is -0.113. The average molecular weight is 432 g/mol. The van der Waals surface area contributed by atoms with Crippen LogP contribution in [-0.2, 0) is 4.79 Å². The number of benzene rings is 1. The molecule has 0 aliphatic heterocycles. The Balaban J connectivity index is 1.64. The third-order valence-electron chi connectivity index (χ3n) is 3.75. The van der Waals surface area contributed by atoms with Crippen molar-refractivity contribution in [2.24, 2.45) is 0 Å². The molecule has 0 bridgehead atoms. The third kappa shape index (κ3) is 4.42. The molecule has 28 heavy (non-hydrogen) atoms. The first kappa shape index (κ1) is 20.1. The van der Waals surface area contributed by atoms with Gasteiger partial charge in [0.05, 0.1) is 16.2 Å². The van der Waals surface area contributed by atoms with Gasteiger partial charge in [-0.3, -0.25) is 14.7 Å². The molecule has 2 heterocycles. The van der Waals surface area contributed by atoms with Crippen molar-refractivity contribution >= 4 is 51.4 Å². The summed E-state index contributed by atoms with van der Waals surface area (Å²) in [5.74, 6) is 0.195. The molecule has 0 radical (unpaired) electrons. The van der Waals surface area contributed by atoms with Crippen LogP contribution in [0.5, 0.6) is 0 Å². The van der Waals surface area contributed by atoms with Crippen LogP contribution >= 0.6 is 34.7 Å². The van der Waals surface area contributed by atoms with Crippen LogP contribution in [0, 0.1) is 18.3 Å². The van der Waals surface area contributed by atoms with Crippen LogP contribution in [0.15, 0.2) is 29.4 Å². The number of thioether (sulfide) groups is 1. The van der Waals surface area contributed by atoms with Crippen molar-refractivity contribution < 1.29 is 9.59 Å². The molecule has 3 rings (SSSR count). The highest BCUT2D eigenvalue weighted by Gasteiger charge is 2.19. The lowest BCUT2D eigenvalue weighted by atomic mass is 10.1. The number of hydrogen-bond donors (Lipinski definition) is 2. The normalized spacial score (nSPS) is 10.5. The summed E-state index contributed by atoms with van der Waals surface area (Å²) in [5.41, 5.74) is 1.73. The number of nitriles is 1. The number of thiophene rings is 1. The zero-order chi connectivity index (χ0) is 20.3. The van der Waals surface area contributed by atoms with Gasteiger partial charge in [0, 0.05) is 10.6 Å². The fourth-order valence-corrected chi connectivity index (χ4v) is 4.21. The average Bonchev–Trinajstić information content (AvgIpc) is 3.25. The SMILES string of the molecule is CC(=O)c1sc(NC(=O)CSc2n[nH]c(-c3ccc(Cl)cc3)n2)c(C#N)c1C. The maximum atomic E-state index is 12.3. The van der Waals surface area contributed by atoms with Crippen LogP contribution < -0.4 is 5.32 Å². The van der Waals surface area contributed by atoms with Gasteiger partial charge in [0.15, 0.2) is 11.6 Å². The van der Waals surface area contributed by atoms with Gasteiger partial charge in [-0.15, -0.1) is 16.4 Å². The highest BCUT2D eigenvalue weighted by molar-refractivity contribution is 7.99. The number of aromatic amines is 1. The number of carbonyl (C=O) groups excluding carboxylic acids is 2. The molecule has 2 aromatic heterocycles. The van der Waals surface area contributed by atoms with E-state index in [0.717, 1.165) is 28.7 Å². The molecule has 3 aromatic rings. The number of amides is 1. The van der Waals surface area contributed by atoms with E-state index in [0.29, 0.717) is 37.0 Å². The predicted molar refractivity (Wildman–Crippen MR) is 110 cm³/mol. The van der Waals surface area contributed by atoms with Crippen LogP contribution in [0.4, 0.5) is 5.00 Å². The maximum Gasteiger partial charge on any atom is 0.235 e. The molecule has 142 valence electrons. The Morgan fingerprint density at radius 1 is 1.36 bits per heavy atom. The van der Waals surface area contributed by atoms with E-state index in [1.165, 1.54) is 6.92 Å². The van der Waals surface area contributed by atoms with E-state index >= 15 is 0 Å². The second-order valence-corrected chi connectivity index (χ2v) is 8.14. The minimum atomic E-state index is -0.310. The molecule has 0 atom stereocenters. The molecule has 10 heteroatoms. The van der Waals surface area contributed by atoms with Crippen LogP contribution in [0.2, 0.25) is 5.02 Å². The van der Waals surface area contributed by atoms with Crippen molar-refractivity contribution in [2.75, 3.05) is 11.1 Å². The van der Waals surface area contributed by atoms with Gasteiger partial charge in [-0.05, 0) is 43.7 Å². The number of nitrogens with zero attached hydrogens (tertiary/aromatic N) is 3. The van der Waals surface area contributed by atoms with E-state index in [1.54, 1.807) is 19.1 Å². The first-order valence-electron chi connectivity index (χ1n) is 8.04. The second kappa shape index (κ2) is 8.56. The first-order valence-corrected chi connectivity index (χ1v) is 10.2. The van der Waals surface area contributed by atoms with E-state index in [-0.39, 0.29) is 17.4 Å². The number of halogens is 1. The molecule has 0 fully saturated rings. The fraction of sp³-hybridized carbons (Fsp3) is 0.167. The van der Waals surface area contributed by atoms with E-state index in [1.807, 2.05) is 18.2 Å². The molecule has 1 amide bonds. The fourth-order valence-electron chi connectivity index (χ4n) is 2.41. The van der Waals surface area contributed by atoms with Gasteiger partial charge >= 0.3 is 0 Å². The summed E-state index contributed by atoms with van der Waals surface area (Å²) in [7, 11) is 0. The Labute approximate surface area is 174 Å². The molecular weight excluding hydrogens is 418 g/mol. The van der Waals surface area contributed by atoms with Gasteiger partial charge in [0.2, 0.25) is 11.1 Å². The van der Waals surface area contributed by atoms with Crippen molar-refractivity contribution in [2.45, 2.75) is 19.0 Å². The Hall–Kier alpha value is -2.67. The van der Waals surface area contributed by atoms with Gasteiger partial charge in [-0.2, -0.15) is 5.26 Å². The molecule has 0 aliphatic carbocycles. The standard InChI is InChI=1S/C18H14ClN5O2S2/c1-9-13(7-20)17(28-15(9)10(2)25)21-14(26)8-27-18-22-16(23-24-18)11-3-5-12(19)6-4-11/h3-6H,8H2,1-2H3,(H,21,26)(H,22,23,24). The Bertz CT molecular complexity index is 1080. The predicted octanol–water partition coefficient (Wildman–Crippen LogP) is 4.30. The summed E-state index contributed by atoms with van der Waals surface area (Å²) in [6.07, 6.45) is 0. The van der Waals surface area contributed by atoms with Crippen molar-refractivity contribution in [3.63, 3.8) is 0 Å². The molecular formula is C18H14ClN5O2S2. The maximum absolute atomic E-state index is 12.3. The van der Waals surface area contributed by atoms with E-state index < -0.39 is 0 Å².